The van der Waals surface area contributed by atoms with Gasteiger partial charge in [0.1, 0.15) is 28.9 Å². The van der Waals surface area contributed by atoms with Crippen molar-refractivity contribution >= 4 is 40.2 Å². The number of fused-ring (bicyclic) bond motifs is 1. The number of carbonyl (C=O) groups is 5. The molecule has 6 rings (SSSR count). The molecular formula is C38H49N7O6. The number of hydrogen-bond donors (Lipinski definition) is 4. The average molecular weight is 700 g/mol. The van der Waals surface area contributed by atoms with Crippen LogP contribution in [0.5, 0.6) is 0 Å². The third-order valence-corrected chi connectivity index (χ3v) is 11.0. The first-order valence-electron chi connectivity index (χ1n) is 18.3. The van der Waals surface area contributed by atoms with Crippen LogP contribution >= 0.6 is 0 Å². The molecule has 0 spiro atoms. The number of amides is 4. The molecule has 2 aromatic carbocycles. The Hall–Kier alpha value is -4.65. The molecule has 13 nitrogen and oxygen atoms in total. The second kappa shape index (κ2) is 14.9. The SMILES string of the molecule is CC(C)(O)c1cn([C@H]2C[C@@H](C(=O)NC3(C(=O)C(N)=O)CCCCC3)N(C(=O)C(CC3CCCCC3)NC(=O)c3ccc4ccccc4c3)C2)nn1. The predicted octanol–water partition coefficient (Wildman–Crippen LogP) is 3.44. The maximum absolute atomic E-state index is 14.8. The molecule has 1 aliphatic heterocycles. The largest absolute Gasteiger partial charge is 0.384 e. The van der Waals surface area contributed by atoms with E-state index in [1.165, 1.54) is 4.90 Å². The zero-order valence-corrected chi connectivity index (χ0v) is 29.5. The number of nitrogens with two attached hydrogens (primary N) is 1. The van der Waals surface area contributed by atoms with Gasteiger partial charge in [-0.15, -0.1) is 5.10 Å². The van der Waals surface area contributed by atoms with E-state index in [0.29, 0.717) is 30.5 Å². The number of primary amides is 1. The van der Waals surface area contributed by atoms with Crippen molar-refractivity contribution in [1.29, 1.82) is 0 Å². The summed E-state index contributed by atoms with van der Waals surface area (Å²) in [5, 5.41) is 26.7. The summed E-state index contributed by atoms with van der Waals surface area (Å²) in [7, 11) is 0. The number of ketones is 1. The molecular weight excluding hydrogens is 650 g/mol. The molecule has 272 valence electrons. The second-order valence-corrected chi connectivity index (χ2v) is 15.2. The van der Waals surface area contributed by atoms with E-state index < -0.39 is 52.8 Å². The first-order chi connectivity index (χ1) is 24.3. The van der Waals surface area contributed by atoms with Gasteiger partial charge in [-0.25, -0.2) is 4.68 Å². The standard InChI is InChI=1S/C38H49N7O6/c1-37(2,51)31-23-45(43-42-31)28-21-30(35(49)41-38(32(46)33(39)47)17-9-4-10-18-38)44(22-28)36(50)29(19-24-11-5-3-6-12-24)40-34(48)27-16-15-25-13-7-8-14-26(25)20-27/h7-8,13-16,20,23-24,28-30,51H,3-6,9-12,17-19,21-22H2,1-2H3,(H2,39,47)(H,40,48)(H,41,49)/t28-,29?,30-/m0/s1. The van der Waals surface area contributed by atoms with E-state index in [-0.39, 0.29) is 37.6 Å². The Morgan fingerprint density at radius 3 is 2.33 bits per heavy atom. The minimum absolute atomic E-state index is 0.0787. The number of likely N-dealkylation sites (tertiary alicyclic amines) is 1. The first-order valence-corrected chi connectivity index (χ1v) is 18.3. The third-order valence-electron chi connectivity index (χ3n) is 11.0. The van der Waals surface area contributed by atoms with Crippen molar-refractivity contribution in [3.63, 3.8) is 0 Å². The van der Waals surface area contributed by atoms with Gasteiger partial charge in [-0.05, 0) is 61.9 Å². The molecule has 2 heterocycles. The van der Waals surface area contributed by atoms with Crippen molar-refractivity contribution in [2.45, 2.75) is 120 Å². The summed E-state index contributed by atoms with van der Waals surface area (Å²) in [5.41, 5.74) is 3.52. The fourth-order valence-corrected chi connectivity index (χ4v) is 8.10. The van der Waals surface area contributed by atoms with Gasteiger partial charge in [-0.2, -0.15) is 0 Å². The number of nitrogens with one attached hydrogen (secondary N) is 2. The zero-order chi connectivity index (χ0) is 36.3. The highest BCUT2D eigenvalue weighted by atomic mass is 16.3. The molecule has 2 aliphatic carbocycles. The van der Waals surface area contributed by atoms with Gasteiger partial charge in [-0.1, -0.05) is 86.9 Å². The normalized spacial score (nSPS) is 21.6. The average Bonchev–Trinajstić information content (AvgIpc) is 3.80. The van der Waals surface area contributed by atoms with Crippen LogP contribution in [0, 0.1) is 5.92 Å². The van der Waals surface area contributed by atoms with Crippen molar-refractivity contribution in [1.82, 2.24) is 30.5 Å². The molecule has 3 aromatic rings. The maximum Gasteiger partial charge on any atom is 0.287 e. The van der Waals surface area contributed by atoms with Crippen molar-refractivity contribution in [2.24, 2.45) is 11.7 Å². The topological polar surface area (TPSA) is 190 Å². The quantitative estimate of drug-likeness (QED) is 0.219. The molecule has 1 aromatic heterocycles. The Bertz CT molecular complexity index is 1790. The smallest absolute Gasteiger partial charge is 0.287 e. The van der Waals surface area contributed by atoms with Crippen molar-refractivity contribution in [3.05, 3.63) is 59.9 Å². The Labute approximate surface area is 297 Å². The van der Waals surface area contributed by atoms with Crippen LogP contribution < -0.4 is 16.4 Å². The van der Waals surface area contributed by atoms with Crippen LogP contribution in [-0.2, 0) is 24.8 Å². The number of Topliss-reactive ketones (excluding diaryl/α,β-unsaturated/α-hetero) is 1. The van der Waals surface area contributed by atoms with Crippen molar-refractivity contribution in [3.8, 4) is 0 Å². The zero-order valence-electron chi connectivity index (χ0n) is 29.5. The summed E-state index contributed by atoms with van der Waals surface area (Å²) < 4.78 is 1.55. The van der Waals surface area contributed by atoms with Gasteiger partial charge < -0.3 is 26.4 Å². The number of aromatic nitrogens is 3. The minimum atomic E-state index is -1.44. The van der Waals surface area contributed by atoms with Crippen LogP contribution in [-0.4, -0.2) is 78.6 Å². The lowest BCUT2D eigenvalue weighted by Crippen LogP contribution is -2.62. The summed E-state index contributed by atoms with van der Waals surface area (Å²) >= 11 is 0. The maximum atomic E-state index is 14.8. The van der Waals surface area contributed by atoms with E-state index in [4.69, 9.17) is 5.73 Å². The molecule has 3 aliphatic rings. The van der Waals surface area contributed by atoms with Gasteiger partial charge in [0, 0.05) is 18.5 Å². The van der Waals surface area contributed by atoms with Crippen molar-refractivity contribution < 1.29 is 29.1 Å². The van der Waals surface area contributed by atoms with E-state index in [0.717, 1.165) is 49.3 Å². The summed E-state index contributed by atoms with van der Waals surface area (Å²) in [6.45, 7) is 3.26. The number of aliphatic hydroxyl groups is 1. The van der Waals surface area contributed by atoms with Crippen LogP contribution in [0.15, 0.2) is 48.7 Å². The lowest BCUT2D eigenvalue weighted by Gasteiger charge is -2.38. The fraction of sp³-hybridized carbons (Fsp3) is 0.553. The summed E-state index contributed by atoms with van der Waals surface area (Å²) in [6.07, 6.45) is 9.95. The number of carbonyl (C=O) groups excluding carboxylic acids is 5. The van der Waals surface area contributed by atoms with E-state index >= 15 is 0 Å². The molecule has 2 saturated carbocycles. The number of hydrogen-bond acceptors (Lipinski definition) is 8. The summed E-state index contributed by atoms with van der Waals surface area (Å²) in [5.74, 6) is -3.08. The second-order valence-electron chi connectivity index (χ2n) is 15.2. The van der Waals surface area contributed by atoms with E-state index in [1.54, 1.807) is 36.9 Å². The molecule has 1 saturated heterocycles. The van der Waals surface area contributed by atoms with Gasteiger partial charge >= 0.3 is 0 Å². The first kappa shape index (κ1) is 36.2. The Morgan fingerprint density at radius 2 is 1.67 bits per heavy atom. The molecule has 5 N–H and O–H groups in total. The van der Waals surface area contributed by atoms with Gasteiger partial charge in [0.05, 0.1) is 12.2 Å². The number of benzene rings is 2. The molecule has 0 radical (unpaired) electrons. The highest BCUT2D eigenvalue weighted by Gasteiger charge is 2.49. The molecule has 13 heteroatoms. The van der Waals surface area contributed by atoms with Crippen LogP contribution in [0.1, 0.15) is 113 Å². The minimum Gasteiger partial charge on any atom is -0.384 e. The fourth-order valence-electron chi connectivity index (χ4n) is 8.10. The summed E-state index contributed by atoms with van der Waals surface area (Å²) in [4.78, 5) is 69.7. The Morgan fingerprint density at radius 1 is 0.980 bits per heavy atom. The van der Waals surface area contributed by atoms with Crippen LogP contribution in [0.3, 0.4) is 0 Å². The number of nitrogens with zero attached hydrogens (tertiary/aromatic N) is 4. The van der Waals surface area contributed by atoms with E-state index in [2.05, 4.69) is 20.9 Å². The van der Waals surface area contributed by atoms with Crippen molar-refractivity contribution in [2.75, 3.05) is 6.54 Å². The summed E-state index contributed by atoms with van der Waals surface area (Å²) in [6, 6.07) is 10.7. The van der Waals surface area contributed by atoms with Gasteiger partial charge in [0.2, 0.25) is 17.6 Å². The number of rotatable bonds is 11. The molecule has 1 unspecified atom stereocenters. The molecule has 51 heavy (non-hydrogen) atoms. The predicted molar refractivity (Wildman–Crippen MR) is 189 cm³/mol. The Kier molecular flexibility index (Phi) is 10.6. The van der Waals surface area contributed by atoms with E-state index in [9.17, 15) is 29.1 Å². The monoisotopic (exact) mass is 699 g/mol. The van der Waals surface area contributed by atoms with Gasteiger partial charge in [0.15, 0.2) is 0 Å². The highest BCUT2D eigenvalue weighted by molar-refractivity contribution is 6.39. The van der Waals surface area contributed by atoms with Crippen LogP contribution in [0.25, 0.3) is 10.8 Å². The lowest BCUT2D eigenvalue weighted by atomic mass is 9.78. The van der Waals surface area contributed by atoms with Crippen LogP contribution in [0.4, 0.5) is 0 Å². The lowest BCUT2D eigenvalue weighted by molar-refractivity contribution is -0.145. The van der Waals surface area contributed by atoms with E-state index in [1.807, 2.05) is 30.3 Å². The highest BCUT2D eigenvalue weighted by Crippen LogP contribution is 2.34. The molecule has 0 bridgehead atoms. The molecule has 3 fully saturated rings. The molecule has 3 atom stereocenters. The third kappa shape index (κ3) is 7.98. The van der Waals surface area contributed by atoms with Crippen LogP contribution in [0.2, 0.25) is 0 Å². The van der Waals surface area contributed by atoms with Gasteiger partial charge in [-0.3, -0.25) is 24.0 Å². The Balaban J connectivity index is 1.32. The van der Waals surface area contributed by atoms with Gasteiger partial charge in [0.25, 0.3) is 11.8 Å². The molecule has 4 amide bonds.